The summed E-state index contributed by atoms with van der Waals surface area (Å²) in [6.07, 6.45) is -3.28. The molecule has 10 heteroatoms. The average Bonchev–Trinajstić information content (AvgIpc) is 3.14. The van der Waals surface area contributed by atoms with Crippen LogP contribution in [0.25, 0.3) is 0 Å². The van der Waals surface area contributed by atoms with Crippen LogP contribution in [0.15, 0.2) is 70.4 Å². The van der Waals surface area contributed by atoms with Crippen LogP contribution in [0.2, 0.25) is 0 Å². The molecule has 0 amide bonds. The quantitative estimate of drug-likeness (QED) is 0.559. The van der Waals surface area contributed by atoms with Gasteiger partial charge in [0.2, 0.25) is 10.0 Å². The van der Waals surface area contributed by atoms with E-state index in [9.17, 15) is 21.6 Å². The zero-order valence-electron chi connectivity index (χ0n) is 14.3. The number of ether oxygens (including phenoxy) is 1. The van der Waals surface area contributed by atoms with Gasteiger partial charge < -0.3 is 4.74 Å². The fourth-order valence-electron chi connectivity index (χ4n) is 2.45. The first-order chi connectivity index (χ1) is 13.2. The number of sulfonamides is 1. The highest BCUT2D eigenvalue weighted by molar-refractivity contribution is 7.89. The van der Waals surface area contributed by atoms with E-state index in [1.54, 1.807) is 24.4 Å². The Morgan fingerprint density at radius 3 is 2.36 bits per heavy atom. The Morgan fingerprint density at radius 2 is 1.79 bits per heavy atom. The Labute approximate surface area is 164 Å². The van der Waals surface area contributed by atoms with Crippen LogP contribution >= 0.6 is 11.3 Å². The number of thiophene rings is 1. The minimum Gasteiger partial charge on any atom is -0.406 e. The van der Waals surface area contributed by atoms with Crippen molar-refractivity contribution < 1.29 is 26.3 Å². The van der Waals surface area contributed by atoms with E-state index < -0.39 is 22.1 Å². The number of benzene rings is 1. The maximum atomic E-state index is 13.1. The second-order valence-corrected chi connectivity index (χ2v) is 8.46. The molecular formula is C18H15F3N2O3S2. The first-order valence-corrected chi connectivity index (χ1v) is 10.4. The molecule has 2 aromatic heterocycles. The number of halogens is 3. The lowest BCUT2D eigenvalue weighted by atomic mass is 10.3. The van der Waals surface area contributed by atoms with Crippen molar-refractivity contribution in [3.8, 4) is 5.75 Å². The van der Waals surface area contributed by atoms with E-state index in [1.165, 1.54) is 15.6 Å². The summed E-state index contributed by atoms with van der Waals surface area (Å²) in [6.45, 7) is 0.142. The van der Waals surface area contributed by atoms with Crippen LogP contribution in [0.3, 0.4) is 0 Å². The molecule has 0 radical (unpaired) electrons. The lowest BCUT2D eigenvalue weighted by Gasteiger charge is -2.22. The van der Waals surface area contributed by atoms with Crippen LogP contribution in [0, 0.1) is 0 Å². The van der Waals surface area contributed by atoms with Crippen molar-refractivity contribution >= 4 is 21.4 Å². The molecule has 2 heterocycles. The SMILES string of the molecule is O=S(=O)(c1ccc(OC(F)(F)F)cc1)N(Cc1ccsc1)Cc1ccccn1. The van der Waals surface area contributed by atoms with Crippen molar-refractivity contribution in [2.24, 2.45) is 0 Å². The van der Waals surface area contributed by atoms with Crippen molar-refractivity contribution in [2.75, 3.05) is 0 Å². The third kappa shape index (κ3) is 5.31. The number of pyridine rings is 1. The summed E-state index contributed by atoms with van der Waals surface area (Å²) in [7, 11) is -3.97. The Morgan fingerprint density at radius 1 is 1.04 bits per heavy atom. The standard InChI is InChI=1S/C18H15F3N2O3S2/c19-18(20,21)26-16-4-6-17(7-5-16)28(24,25)23(11-14-8-10-27-13-14)12-15-3-1-2-9-22-15/h1-10,13H,11-12H2. The lowest BCUT2D eigenvalue weighted by Crippen LogP contribution is -2.30. The molecule has 28 heavy (non-hydrogen) atoms. The summed E-state index contributed by atoms with van der Waals surface area (Å²) >= 11 is 1.44. The van der Waals surface area contributed by atoms with E-state index in [4.69, 9.17) is 0 Å². The number of hydrogen-bond donors (Lipinski definition) is 0. The van der Waals surface area contributed by atoms with Gasteiger partial charge in [-0.1, -0.05) is 6.07 Å². The summed E-state index contributed by atoms with van der Waals surface area (Å²) in [5, 5.41) is 3.67. The third-order valence-corrected chi connectivity index (χ3v) is 6.24. The zero-order valence-corrected chi connectivity index (χ0v) is 16.0. The number of alkyl halides is 3. The van der Waals surface area contributed by atoms with Crippen LogP contribution < -0.4 is 4.74 Å². The summed E-state index contributed by atoms with van der Waals surface area (Å²) < 4.78 is 68.1. The molecule has 0 bridgehead atoms. The number of hydrogen-bond acceptors (Lipinski definition) is 5. The Hall–Kier alpha value is -2.43. The van der Waals surface area contributed by atoms with Gasteiger partial charge in [-0.2, -0.15) is 15.6 Å². The Kier molecular flexibility index (Phi) is 6.01. The maximum absolute atomic E-state index is 13.1. The molecule has 0 aliphatic carbocycles. The van der Waals surface area contributed by atoms with Crippen LogP contribution in [0.5, 0.6) is 5.75 Å². The van der Waals surface area contributed by atoms with E-state index >= 15 is 0 Å². The Balaban J connectivity index is 1.88. The molecule has 5 nitrogen and oxygen atoms in total. The molecule has 0 unspecified atom stereocenters. The Bertz CT molecular complexity index is 991. The molecular weight excluding hydrogens is 413 g/mol. The minimum absolute atomic E-state index is 0.0276. The van der Waals surface area contributed by atoms with E-state index in [0.29, 0.717) is 5.69 Å². The fraction of sp³-hybridized carbons (Fsp3) is 0.167. The van der Waals surface area contributed by atoms with E-state index in [1.807, 2.05) is 16.8 Å². The van der Waals surface area contributed by atoms with E-state index in [2.05, 4.69) is 9.72 Å². The molecule has 148 valence electrons. The number of nitrogens with zero attached hydrogens (tertiary/aromatic N) is 2. The molecule has 0 fully saturated rings. The van der Waals surface area contributed by atoms with E-state index in [-0.39, 0.29) is 18.0 Å². The van der Waals surface area contributed by atoms with Crippen LogP contribution in [0.1, 0.15) is 11.3 Å². The van der Waals surface area contributed by atoms with Gasteiger partial charge in [0.1, 0.15) is 5.75 Å². The van der Waals surface area contributed by atoms with Gasteiger partial charge >= 0.3 is 6.36 Å². The highest BCUT2D eigenvalue weighted by atomic mass is 32.2. The van der Waals surface area contributed by atoms with Crippen LogP contribution in [-0.2, 0) is 23.1 Å². The molecule has 0 saturated carbocycles. The van der Waals surface area contributed by atoms with Gasteiger partial charge in [-0.05, 0) is 58.8 Å². The molecule has 0 aliphatic heterocycles. The zero-order chi connectivity index (χ0) is 20.2. The highest BCUT2D eigenvalue weighted by Crippen LogP contribution is 2.26. The minimum atomic E-state index is -4.84. The second kappa shape index (κ2) is 8.29. The monoisotopic (exact) mass is 428 g/mol. The molecule has 0 spiro atoms. The predicted octanol–water partition coefficient (Wildman–Crippen LogP) is 4.43. The fourth-order valence-corrected chi connectivity index (χ4v) is 4.51. The number of aromatic nitrogens is 1. The lowest BCUT2D eigenvalue weighted by molar-refractivity contribution is -0.274. The van der Waals surface area contributed by atoms with Crippen molar-refractivity contribution in [3.63, 3.8) is 0 Å². The third-order valence-electron chi connectivity index (χ3n) is 3.70. The molecule has 1 aromatic carbocycles. The molecule has 3 aromatic rings. The topological polar surface area (TPSA) is 59.5 Å². The van der Waals surface area contributed by atoms with Crippen molar-refractivity contribution in [2.45, 2.75) is 24.3 Å². The van der Waals surface area contributed by atoms with Crippen molar-refractivity contribution in [1.82, 2.24) is 9.29 Å². The van der Waals surface area contributed by atoms with Crippen molar-refractivity contribution in [3.05, 3.63) is 76.7 Å². The van der Waals surface area contributed by atoms with Gasteiger partial charge in [0, 0.05) is 12.7 Å². The van der Waals surface area contributed by atoms with Gasteiger partial charge in [0.05, 0.1) is 17.1 Å². The van der Waals surface area contributed by atoms with Gasteiger partial charge in [-0.15, -0.1) is 13.2 Å². The molecule has 0 N–H and O–H groups in total. The predicted molar refractivity (Wildman–Crippen MR) is 98.1 cm³/mol. The van der Waals surface area contributed by atoms with Crippen LogP contribution in [0.4, 0.5) is 13.2 Å². The molecule has 0 atom stereocenters. The number of rotatable bonds is 7. The largest absolute Gasteiger partial charge is 0.573 e. The van der Waals surface area contributed by atoms with Crippen LogP contribution in [-0.4, -0.2) is 24.1 Å². The first kappa shape index (κ1) is 20.3. The van der Waals surface area contributed by atoms with Gasteiger partial charge in [-0.3, -0.25) is 4.98 Å². The van der Waals surface area contributed by atoms with Gasteiger partial charge in [0.15, 0.2) is 0 Å². The summed E-state index contributed by atoms with van der Waals surface area (Å²) in [4.78, 5) is 4.03. The van der Waals surface area contributed by atoms with Gasteiger partial charge in [0.25, 0.3) is 0 Å². The smallest absolute Gasteiger partial charge is 0.406 e. The molecule has 3 rings (SSSR count). The first-order valence-electron chi connectivity index (χ1n) is 8.01. The van der Waals surface area contributed by atoms with Gasteiger partial charge in [-0.25, -0.2) is 8.42 Å². The maximum Gasteiger partial charge on any atom is 0.573 e. The second-order valence-electron chi connectivity index (χ2n) is 5.74. The highest BCUT2D eigenvalue weighted by Gasteiger charge is 2.31. The van der Waals surface area contributed by atoms with E-state index in [0.717, 1.165) is 29.8 Å². The molecule has 0 aliphatic rings. The average molecular weight is 428 g/mol. The summed E-state index contributed by atoms with van der Waals surface area (Å²) in [6, 6.07) is 11.1. The summed E-state index contributed by atoms with van der Waals surface area (Å²) in [5.74, 6) is -0.486. The van der Waals surface area contributed by atoms with Crippen molar-refractivity contribution in [1.29, 1.82) is 0 Å². The molecule has 0 saturated heterocycles. The summed E-state index contributed by atoms with van der Waals surface area (Å²) in [5.41, 5.74) is 1.36. The normalized spacial score (nSPS) is 12.3.